The molecule has 2 atom stereocenters. The van der Waals surface area contributed by atoms with Crippen molar-refractivity contribution in [2.45, 2.75) is 90.9 Å². The van der Waals surface area contributed by atoms with Crippen molar-refractivity contribution < 1.29 is 8.98 Å². The third-order valence-electron chi connectivity index (χ3n) is 17.4. The number of fused-ring (bicyclic) bond motifs is 6. The monoisotopic (exact) mass is 900 g/mol. The number of hydrogen-bond donors (Lipinski definition) is 0. The summed E-state index contributed by atoms with van der Waals surface area (Å²) in [6.45, 7) is 13.6. The first-order valence-electron chi connectivity index (χ1n) is 25.0. The van der Waals surface area contributed by atoms with Gasteiger partial charge in [-0.05, 0) is 154 Å². The minimum absolute atomic E-state index is 0.101. The highest BCUT2D eigenvalue weighted by atomic mass is 31.2. The van der Waals surface area contributed by atoms with Crippen LogP contribution in [0.2, 0.25) is 0 Å². The van der Waals surface area contributed by atoms with Gasteiger partial charge in [-0.1, -0.05) is 189 Å². The van der Waals surface area contributed by atoms with Crippen LogP contribution in [0.4, 0.5) is 0 Å². The molecule has 0 spiro atoms. The van der Waals surface area contributed by atoms with E-state index in [2.05, 4.69) is 187 Å². The van der Waals surface area contributed by atoms with Gasteiger partial charge >= 0.3 is 0 Å². The molecular formula is C64H58BO2P. The molecule has 2 unspecified atom stereocenters. The van der Waals surface area contributed by atoms with Crippen LogP contribution in [0.15, 0.2) is 162 Å². The third kappa shape index (κ3) is 6.27. The van der Waals surface area contributed by atoms with Gasteiger partial charge in [0.2, 0.25) is 6.71 Å². The van der Waals surface area contributed by atoms with Crippen LogP contribution in [0.25, 0.3) is 44.2 Å². The van der Waals surface area contributed by atoms with Crippen LogP contribution in [0.1, 0.15) is 83.0 Å². The largest absolute Gasteiger partial charge is 0.456 e. The highest BCUT2D eigenvalue weighted by Crippen LogP contribution is 2.66. The van der Waals surface area contributed by atoms with Gasteiger partial charge in [-0.15, -0.1) is 0 Å². The first-order chi connectivity index (χ1) is 32.9. The van der Waals surface area contributed by atoms with Crippen molar-refractivity contribution in [1.29, 1.82) is 0 Å². The molecule has 1 aliphatic heterocycles. The first kappa shape index (κ1) is 42.0. The fraction of sp³-hybridized carbons (Fsp3) is 0.250. The van der Waals surface area contributed by atoms with Gasteiger partial charge in [-0.2, -0.15) is 0 Å². The second-order valence-corrected chi connectivity index (χ2v) is 24.6. The van der Waals surface area contributed by atoms with Crippen molar-refractivity contribution in [2.75, 3.05) is 0 Å². The summed E-state index contributed by atoms with van der Waals surface area (Å²) in [5.74, 6) is 1.47. The maximum absolute atomic E-state index is 15.3. The standard InChI is InChI=1S/C64H58BO2P/c1-39-27-41(3)61(42(4)28-39)65(62-43(5)29-40(2)30-44(62)6)51-22-26-58-56(33-51)55-32-48(17-25-57(55)67-58)47-15-18-49(19-16-47)63-34-45-31-46(35-63)37-64(36-45,38-63)50-20-23-52(24-21-50)68(66)59-13-9-7-11-53(59)54-12-8-10-14-60(54)68/h7-30,32-33,45-46H,31,34-38H2,1-6H3. The molecule has 14 rings (SSSR count). The van der Waals surface area contributed by atoms with E-state index in [-0.39, 0.29) is 17.5 Å². The number of aryl methyl sites for hydroxylation is 6. The van der Waals surface area contributed by atoms with Gasteiger partial charge in [0, 0.05) is 26.7 Å². The highest BCUT2D eigenvalue weighted by molar-refractivity contribution is 7.86. The first-order valence-corrected chi connectivity index (χ1v) is 26.7. The van der Waals surface area contributed by atoms with E-state index in [1.807, 2.05) is 12.1 Å². The van der Waals surface area contributed by atoms with Crippen molar-refractivity contribution in [1.82, 2.24) is 0 Å². The smallest absolute Gasteiger partial charge is 0.242 e. The van der Waals surface area contributed by atoms with Gasteiger partial charge in [0.05, 0.1) is 0 Å². The average molecular weight is 901 g/mol. The van der Waals surface area contributed by atoms with E-state index >= 15 is 4.57 Å². The molecule has 1 aromatic heterocycles. The molecule has 0 saturated heterocycles. The highest BCUT2D eigenvalue weighted by Gasteiger charge is 2.58. The van der Waals surface area contributed by atoms with Crippen molar-refractivity contribution in [3.8, 4) is 22.3 Å². The lowest BCUT2D eigenvalue weighted by Crippen LogP contribution is -2.55. The van der Waals surface area contributed by atoms with Gasteiger partial charge in [-0.3, -0.25) is 0 Å². The summed E-state index contributed by atoms with van der Waals surface area (Å²) in [5, 5.41) is 5.25. The summed E-state index contributed by atoms with van der Waals surface area (Å²) in [6.07, 6.45) is 7.64. The van der Waals surface area contributed by atoms with Crippen LogP contribution in [-0.2, 0) is 15.4 Å². The van der Waals surface area contributed by atoms with E-state index in [9.17, 15) is 0 Å². The van der Waals surface area contributed by atoms with E-state index < -0.39 is 7.14 Å². The molecule has 0 N–H and O–H groups in total. The Bertz CT molecular complexity index is 3430. The van der Waals surface area contributed by atoms with Gasteiger partial charge in [0.25, 0.3) is 0 Å². The predicted molar refractivity (Wildman–Crippen MR) is 288 cm³/mol. The second-order valence-electron chi connectivity index (χ2n) is 21.9. The molecule has 334 valence electrons. The summed E-state index contributed by atoms with van der Waals surface area (Å²) in [4.78, 5) is 0. The summed E-state index contributed by atoms with van der Waals surface area (Å²) in [6, 6.07) is 58.7. The Hall–Kier alpha value is -6.15. The van der Waals surface area contributed by atoms with Crippen LogP contribution in [0, 0.1) is 53.4 Å². The van der Waals surface area contributed by atoms with Gasteiger partial charge < -0.3 is 8.98 Å². The van der Waals surface area contributed by atoms with Crippen molar-refractivity contribution in [2.24, 2.45) is 11.8 Å². The molecule has 4 fully saturated rings. The summed E-state index contributed by atoms with van der Waals surface area (Å²) in [5.41, 5.74) is 21.9. The molecule has 4 aliphatic carbocycles. The van der Waals surface area contributed by atoms with E-state index in [1.165, 1.54) is 116 Å². The van der Waals surface area contributed by atoms with E-state index in [0.717, 1.165) is 55.4 Å². The van der Waals surface area contributed by atoms with E-state index in [4.69, 9.17) is 4.42 Å². The van der Waals surface area contributed by atoms with Crippen LogP contribution >= 0.6 is 7.14 Å². The molecular weight excluding hydrogens is 842 g/mol. The summed E-state index contributed by atoms with van der Waals surface area (Å²) < 4.78 is 21.9. The minimum Gasteiger partial charge on any atom is -0.456 e. The number of hydrogen-bond acceptors (Lipinski definition) is 2. The van der Waals surface area contributed by atoms with Crippen LogP contribution in [0.3, 0.4) is 0 Å². The summed E-state index contributed by atoms with van der Waals surface area (Å²) in [7, 11) is -2.95. The lowest BCUT2D eigenvalue weighted by molar-refractivity contribution is -0.0281. The quantitative estimate of drug-likeness (QED) is 0.118. The number of benzene rings is 8. The Morgan fingerprint density at radius 1 is 0.500 bits per heavy atom. The Balaban J connectivity index is 0.829. The molecule has 68 heavy (non-hydrogen) atoms. The van der Waals surface area contributed by atoms with Crippen LogP contribution in [-0.4, -0.2) is 6.71 Å². The third-order valence-corrected chi connectivity index (χ3v) is 20.6. The minimum atomic E-state index is -2.95. The zero-order valence-corrected chi connectivity index (χ0v) is 41.1. The zero-order valence-electron chi connectivity index (χ0n) is 40.2. The van der Waals surface area contributed by atoms with Crippen molar-refractivity contribution >= 4 is 68.1 Å². The summed E-state index contributed by atoms with van der Waals surface area (Å²) >= 11 is 0. The maximum atomic E-state index is 15.3. The molecule has 9 aromatic rings. The Morgan fingerprint density at radius 3 is 1.49 bits per heavy atom. The van der Waals surface area contributed by atoms with Crippen LogP contribution in [0.5, 0.6) is 0 Å². The molecule has 5 aliphatic rings. The molecule has 4 bridgehead atoms. The molecule has 2 nitrogen and oxygen atoms in total. The van der Waals surface area contributed by atoms with Gasteiger partial charge in [0.1, 0.15) is 11.2 Å². The Kier molecular flexibility index (Phi) is 9.37. The maximum Gasteiger partial charge on any atom is 0.242 e. The molecule has 4 heteroatoms. The van der Waals surface area contributed by atoms with E-state index in [1.54, 1.807) is 0 Å². The van der Waals surface area contributed by atoms with Gasteiger partial charge in [0.15, 0.2) is 7.14 Å². The fourth-order valence-corrected chi connectivity index (χ4v) is 18.3. The van der Waals surface area contributed by atoms with Crippen LogP contribution < -0.4 is 32.3 Å². The normalized spacial score (nSPS) is 21.9. The zero-order chi connectivity index (χ0) is 46.3. The Labute approximate surface area is 402 Å². The molecule has 0 radical (unpaired) electrons. The van der Waals surface area contributed by atoms with E-state index in [0.29, 0.717) is 0 Å². The predicted octanol–water partition coefficient (Wildman–Crippen LogP) is 13.0. The van der Waals surface area contributed by atoms with Crippen molar-refractivity contribution in [3.05, 3.63) is 202 Å². The second kappa shape index (κ2) is 15.2. The Morgan fingerprint density at radius 2 is 0.956 bits per heavy atom. The fourth-order valence-electron chi connectivity index (χ4n) is 15.3. The molecule has 2 heterocycles. The molecule has 8 aromatic carbocycles. The van der Waals surface area contributed by atoms with Gasteiger partial charge in [-0.25, -0.2) is 0 Å². The lowest BCUT2D eigenvalue weighted by Gasteiger charge is -2.63. The topological polar surface area (TPSA) is 30.2 Å². The lowest BCUT2D eigenvalue weighted by atomic mass is 9.34. The SMILES string of the molecule is Cc1cc(C)c(B(c2ccc3oc4ccc(-c5ccc(C67CC8CC(C6)CC(c6ccc(P9(=O)c%10ccccc%10-c%10ccccc%109)cc6)(C8)C7)cc5)cc4c3c2)c2c(C)cc(C)cc2C)c(C)c1. The number of rotatable bonds is 7. The average Bonchev–Trinajstić information content (AvgIpc) is 3.82. The molecule has 4 saturated carbocycles. The van der Waals surface area contributed by atoms with Crippen molar-refractivity contribution in [3.63, 3.8) is 0 Å². The number of furan rings is 1. The molecule has 0 amide bonds.